The van der Waals surface area contributed by atoms with E-state index in [0.717, 1.165) is 10.2 Å². The summed E-state index contributed by atoms with van der Waals surface area (Å²) in [6, 6.07) is 19.8. The van der Waals surface area contributed by atoms with Crippen molar-refractivity contribution in [3.8, 4) is 17.4 Å². The lowest BCUT2D eigenvalue weighted by molar-refractivity contribution is 0.572. The van der Waals surface area contributed by atoms with Gasteiger partial charge in [0.25, 0.3) is 10.0 Å². The molecule has 2 aromatic carbocycles. The maximum absolute atomic E-state index is 12.5. The third-order valence-corrected chi connectivity index (χ3v) is 7.90. The molecule has 0 unspecified atom stereocenters. The van der Waals surface area contributed by atoms with E-state index in [1.807, 2.05) is 24.3 Å². The molecule has 0 spiro atoms. The van der Waals surface area contributed by atoms with Crippen LogP contribution in [0.25, 0.3) is 33.2 Å². The Morgan fingerprint density at radius 1 is 1.09 bits per heavy atom. The van der Waals surface area contributed by atoms with E-state index in [0.29, 0.717) is 32.8 Å². The molecule has 0 aliphatic rings. The zero-order valence-electron chi connectivity index (χ0n) is 16.8. The first kappa shape index (κ1) is 21.1. The SMILES string of the molecule is N#CC(=Cc1ccc(-c2ccc(S(=O)(=O)Nc3nccs3)cc2)o1)c1nc2ccccc2s1. The molecule has 0 amide bonds. The summed E-state index contributed by atoms with van der Waals surface area (Å²) in [5.74, 6) is 1.06. The quantitative estimate of drug-likeness (QED) is 0.298. The number of aromatic nitrogens is 2. The molecular formula is C23H14N4O3S3. The number of hydrogen-bond acceptors (Lipinski definition) is 8. The van der Waals surface area contributed by atoms with Crippen molar-refractivity contribution in [1.82, 2.24) is 9.97 Å². The molecule has 162 valence electrons. The highest BCUT2D eigenvalue weighted by Gasteiger charge is 2.16. The number of nitriles is 1. The Kier molecular flexibility index (Phi) is 5.51. The minimum absolute atomic E-state index is 0.121. The fraction of sp³-hybridized carbons (Fsp3) is 0. The van der Waals surface area contributed by atoms with Crippen LogP contribution in [0.4, 0.5) is 5.13 Å². The molecule has 5 aromatic rings. The average molecular weight is 491 g/mol. The number of sulfonamides is 1. The Labute approximate surface area is 197 Å². The van der Waals surface area contributed by atoms with E-state index in [1.165, 1.54) is 41.0 Å². The number of benzene rings is 2. The van der Waals surface area contributed by atoms with Gasteiger partial charge in [0.05, 0.1) is 20.7 Å². The van der Waals surface area contributed by atoms with Gasteiger partial charge in [0.2, 0.25) is 0 Å². The average Bonchev–Trinajstić information content (AvgIpc) is 3.58. The van der Waals surface area contributed by atoms with Crippen molar-refractivity contribution in [3.63, 3.8) is 0 Å². The van der Waals surface area contributed by atoms with Gasteiger partial charge in [0.15, 0.2) is 5.13 Å². The van der Waals surface area contributed by atoms with E-state index in [4.69, 9.17) is 4.42 Å². The molecule has 5 rings (SSSR count). The molecule has 33 heavy (non-hydrogen) atoms. The third-order valence-electron chi connectivity index (χ3n) is 4.66. The van der Waals surface area contributed by atoms with Crippen LogP contribution in [-0.4, -0.2) is 18.4 Å². The maximum atomic E-state index is 12.5. The lowest BCUT2D eigenvalue weighted by Crippen LogP contribution is -2.12. The molecule has 1 N–H and O–H groups in total. The second-order valence-electron chi connectivity index (χ2n) is 6.83. The number of para-hydroxylation sites is 1. The summed E-state index contributed by atoms with van der Waals surface area (Å²) in [6.45, 7) is 0. The van der Waals surface area contributed by atoms with Crippen LogP contribution in [0.15, 0.2) is 81.6 Å². The van der Waals surface area contributed by atoms with Crippen LogP contribution in [0, 0.1) is 11.3 Å². The van der Waals surface area contributed by atoms with Gasteiger partial charge in [0, 0.05) is 23.2 Å². The number of fused-ring (bicyclic) bond motifs is 1. The Bertz CT molecular complexity index is 1570. The molecule has 0 atom stereocenters. The summed E-state index contributed by atoms with van der Waals surface area (Å²) >= 11 is 2.65. The van der Waals surface area contributed by atoms with Crippen molar-refractivity contribution < 1.29 is 12.8 Å². The van der Waals surface area contributed by atoms with E-state index < -0.39 is 10.0 Å². The van der Waals surface area contributed by atoms with Gasteiger partial charge in [0.1, 0.15) is 22.6 Å². The van der Waals surface area contributed by atoms with Crippen molar-refractivity contribution in [1.29, 1.82) is 5.26 Å². The zero-order valence-corrected chi connectivity index (χ0v) is 19.2. The van der Waals surface area contributed by atoms with Crippen LogP contribution in [0.3, 0.4) is 0 Å². The Hall–Kier alpha value is -3.78. The van der Waals surface area contributed by atoms with Gasteiger partial charge in [-0.05, 0) is 48.5 Å². The highest BCUT2D eigenvalue weighted by molar-refractivity contribution is 7.93. The van der Waals surface area contributed by atoms with Gasteiger partial charge in [-0.25, -0.2) is 18.4 Å². The predicted molar refractivity (Wildman–Crippen MR) is 130 cm³/mol. The number of nitrogens with one attached hydrogen (secondary N) is 1. The molecule has 0 fully saturated rings. The molecule has 0 saturated carbocycles. The summed E-state index contributed by atoms with van der Waals surface area (Å²) in [7, 11) is -3.72. The first-order chi connectivity index (χ1) is 16.0. The lowest BCUT2D eigenvalue weighted by Gasteiger charge is -2.05. The number of rotatable bonds is 6. The summed E-state index contributed by atoms with van der Waals surface area (Å²) in [4.78, 5) is 8.59. The van der Waals surface area contributed by atoms with Crippen LogP contribution in [-0.2, 0) is 10.0 Å². The zero-order chi connectivity index (χ0) is 22.8. The van der Waals surface area contributed by atoms with E-state index in [-0.39, 0.29) is 4.90 Å². The number of nitrogens with zero attached hydrogens (tertiary/aromatic N) is 3. The maximum Gasteiger partial charge on any atom is 0.263 e. The Morgan fingerprint density at radius 3 is 2.64 bits per heavy atom. The minimum atomic E-state index is -3.72. The van der Waals surface area contributed by atoms with Gasteiger partial charge in [-0.3, -0.25) is 4.72 Å². The topological polar surface area (TPSA) is 109 Å². The van der Waals surface area contributed by atoms with Crippen LogP contribution in [0.1, 0.15) is 10.8 Å². The minimum Gasteiger partial charge on any atom is -0.457 e. The Morgan fingerprint density at radius 2 is 1.91 bits per heavy atom. The van der Waals surface area contributed by atoms with Crippen molar-refractivity contribution in [2.75, 3.05) is 4.72 Å². The van der Waals surface area contributed by atoms with Crippen LogP contribution >= 0.6 is 22.7 Å². The number of furan rings is 1. The van der Waals surface area contributed by atoms with E-state index >= 15 is 0 Å². The van der Waals surface area contributed by atoms with Crippen LogP contribution < -0.4 is 4.72 Å². The first-order valence-corrected chi connectivity index (χ1v) is 12.8. The second kappa shape index (κ2) is 8.63. The standard InChI is InChI=1S/C23H14N4O3S3/c24-14-16(22-26-19-3-1-2-4-21(19)32-22)13-17-7-10-20(30-17)15-5-8-18(9-6-15)33(28,29)27-23-25-11-12-31-23/h1-13H,(H,25,27). The van der Waals surface area contributed by atoms with Gasteiger partial charge in [-0.2, -0.15) is 5.26 Å². The molecule has 0 bridgehead atoms. The predicted octanol–water partition coefficient (Wildman–Crippen LogP) is 5.88. The summed E-state index contributed by atoms with van der Waals surface area (Å²) < 4.78 is 34.3. The van der Waals surface area contributed by atoms with Crippen molar-refractivity contribution in [2.24, 2.45) is 0 Å². The number of hydrogen-bond donors (Lipinski definition) is 1. The van der Waals surface area contributed by atoms with E-state index in [1.54, 1.807) is 35.7 Å². The fourth-order valence-electron chi connectivity index (χ4n) is 3.10. The van der Waals surface area contributed by atoms with Gasteiger partial charge in [-0.15, -0.1) is 22.7 Å². The van der Waals surface area contributed by atoms with Crippen molar-refractivity contribution in [3.05, 3.63) is 83.0 Å². The van der Waals surface area contributed by atoms with Crippen molar-refractivity contribution >= 4 is 59.7 Å². The third kappa shape index (κ3) is 4.42. The number of anilines is 1. The number of thiazole rings is 2. The van der Waals surface area contributed by atoms with Gasteiger partial charge >= 0.3 is 0 Å². The summed E-state index contributed by atoms with van der Waals surface area (Å²) in [5.41, 5.74) is 1.96. The van der Waals surface area contributed by atoms with E-state index in [2.05, 4.69) is 20.8 Å². The molecule has 0 saturated heterocycles. The smallest absolute Gasteiger partial charge is 0.263 e. The highest BCUT2D eigenvalue weighted by Crippen LogP contribution is 2.30. The van der Waals surface area contributed by atoms with E-state index in [9.17, 15) is 13.7 Å². The fourth-order valence-corrected chi connectivity index (χ4v) is 5.82. The molecule has 0 radical (unpaired) electrons. The monoisotopic (exact) mass is 490 g/mol. The summed E-state index contributed by atoms with van der Waals surface area (Å²) in [5, 5.41) is 12.3. The molecule has 3 aromatic heterocycles. The highest BCUT2D eigenvalue weighted by atomic mass is 32.2. The molecule has 0 aliphatic carbocycles. The van der Waals surface area contributed by atoms with Gasteiger partial charge in [-0.1, -0.05) is 12.1 Å². The van der Waals surface area contributed by atoms with Gasteiger partial charge < -0.3 is 4.42 Å². The van der Waals surface area contributed by atoms with Crippen LogP contribution in [0.2, 0.25) is 0 Å². The normalized spacial score (nSPS) is 12.0. The second-order valence-corrected chi connectivity index (χ2v) is 10.4. The number of allylic oxidation sites excluding steroid dienone is 1. The van der Waals surface area contributed by atoms with Crippen molar-refractivity contribution in [2.45, 2.75) is 4.90 Å². The first-order valence-electron chi connectivity index (χ1n) is 9.62. The largest absolute Gasteiger partial charge is 0.457 e. The van der Waals surface area contributed by atoms with Crippen LogP contribution in [0.5, 0.6) is 0 Å². The molecule has 10 heteroatoms. The molecule has 7 nitrogen and oxygen atoms in total. The molecule has 0 aliphatic heterocycles. The summed E-state index contributed by atoms with van der Waals surface area (Å²) in [6.07, 6.45) is 3.18. The molecular weight excluding hydrogens is 476 g/mol. The molecule has 3 heterocycles. The Balaban J connectivity index is 1.38. The lowest BCUT2D eigenvalue weighted by atomic mass is 10.2.